The highest BCUT2D eigenvalue weighted by Gasteiger charge is 2.40. The minimum Gasteiger partial charge on any atom is -0.439 e. The number of allylic oxidation sites excluding steroid dienone is 1. The predicted octanol–water partition coefficient (Wildman–Crippen LogP) is 3.42. The second-order valence-corrected chi connectivity index (χ2v) is 7.98. The molecule has 4 heterocycles. The Morgan fingerprint density at radius 2 is 2.17 bits per heavy atom. The number of hydrogen-bond donors (Lipinski definition) is 2. The van der Waals surface area contributed by atoms with Crippen molar-refractivity contribution in [1.29, 1.82) is 0 Å². The molecule has 1 unspecified atom stereocenters. The van der Waals surface area contributed by atoms with Crippen molar-refractivity contribution >= 4 is 28.9 Å². The zero-order chi connectivity index (χ0) is 19.8. The van der Waals surface area contributed by atoms with Gasteiger partial charge in [-0.05, 0) is 50.6 Å². The molecule has 2 N–H and O–H groups in total. The fraction of sp³-hybridized carbons (Fsp3) is 0.381. The summed E-state index contributed by atoms with van der Waals surface area (Å²) in [6.45, 7) is 2.04. The van der Waals surface area contributed by atoms with Crippen molar-refractivity contribution in [2.24, 2.45) is 4.99 Å². The van der Waals surface area contributed by atoms with Crippen molar-refractivity contribution in [1.82, 2.24) is 25.4 Å². The molecule has 5 rings (SSSR count). The van der Waals surface area contributed by atoms with E-state index >= 15 is 0 Å². The molecule has 0 bridgehead atoms. The second-order valence-electron chi connectivity index (χ2n) is 7.57. The van der Waals surface area contributed by atoms with E-state index in [9.17, 15) is 0 Å². The second kappa shape index (κ2) is 7.31. The molecule has 0 saturated carbocycles. The third-order valence-electron chi connectivity index (χ3n) is 5.85. The summed E-state index contributed by atoms with van der Waals surface area (Å²) in [6, 6.07) is 5.99. The number of fused-ring (bicyclic) bond motifs is 1. The van der Waals surface area contributed by atoms with Crippen LogP contribution in [0.2, 0.25) is 5.02 Å². The van der Waals surface area contributed by atoms with Crippen LogP contribution in [0.15, 0.2) is 51.9 Å². The minimum atomic E-state index is -0.617. The Bertz CT molecular complexity index is 1090. The Labute approximate surface area is 173 Å². The molecule has 7 nitrogen and oxygen atoms in total. The molecular weight excluding hydrogens is 388 g/mol. The van der Waals surface area contributed by atoms with Crippen molar-refractivity contribution in [3.8, 4) is 0 Å². The zero-order valence-electron chi connectivity index (χ0n) is 16.2. The van der Waals surface area contributed by atoms with Crippen molar-refractivity contribution in [3.05, 3.63) is 59.0 Å². The molecule has 2 aliphatic heterocycles. The molecule has 29 heavy (non-hydrogen) atoms. The fourth-order valence-electron chi connectivity index (χ4n) is 4.11. The smallest absolute Gasteiger partial charge is 0.212 e. The first kappa shape index (κ1) is 18.4. The van der Waals surface area contributed by atoms with Crippen LogP contribution in [0, 0.1) is 0 Å². The van der Waals surface area contributed by atoms with Crippen LogP contribution in [-0.4, -0.2) is 41.1 Å². The van der Waals surface area contributed by atoms with Gasteiger partial charge in [-0.25, -0.2) is 9.98 Å². The van der Waals surface area contributed by atoms with Gasteiger partial charge in [0.25, 0.3) is 0 Å². The van der Waals surface area contributed by atoms with Gasteiger partial charge in [0.15, 0.2) is 5.58 Å². The van der Waals surface area contributed by atoms with Gasteiger partial charge in [0, 0.05) is 25.0 Å². The average molecular weight is 411 g/mol. The number of aromatic nitrogens is 3. The summed E-state index contributed by atoms with van der Waals surface area (Å²) in [4.78, 5) is 9.38. The van der Waals surface area contributed by atoms with Crippen molar-refractivity contribution in [3.63, 3.8) is 0 Å². The zero-order valence-corrected chi connectivity index (χ0v) is 17.0. The summed E-state index contributed by atoms with van der Waals surface area (Å²) in [5.74, 6) is 1.42. The van der Waals surface area contributed by atoms with Crippen molar-refractivity contribution in [2.75, 3.05) is 20.1 Å². The van der Waals surface area contributed by atoms with Crippen LogP contribution in [0.3, 0.4) is 0 Å². The molecule has 0 radical (unpaired) electrons. The number of benzene rings is 1. The number of nitrogens with one attached hydrogen (secondary N) is 2. The number of hydrogen-bond acceptors (Lipinski definition) is 6. The number of para-hydroxylation sites is 1. The third-order valence-corrected chi connectivity index (χ3v) is 6.15. The first-order chi connectivity index (χ1) is 14.2. The Hall–Kier alpha value is -2.64. The standard InChI is InChI=1S/C21H23ClN6O/c1-23-18-5-8-21(13-25-18,20-27-19-16(22)3-2-4-17(19)29-20)14-11-26-28(12-14)15-6-9-24-10-7-15/h2-5,11-13,15,23-24H,6-10H2,1H3. The molecule has 0 aliphatic carbocycles. The summed E-state index contributed by atoms with van der Waals surface area (Å²) >= 11 is 6.35. The molecule has 1 aromatic carbocycles. The third kappa shape index (κ3) is 3.14. The lowest BCUT2D eigenvalue weighted by Crippen LogP contribution is -2.32. The molecule has 1 fully saturated rings. The maximum Gasteiger partial charge on any atom is 0.212 e. The van der Waals surface area contributed by atoms with E-state index < -0.39 is 5.41 Å². The first-order valence-electron chi connectivity index (χ1n) is 9.93. The minimum absolute atomic E-state index is 0.407. The van der Waals surface area contributed by atoms with Gasteiger partial charge < -0.3 is 15.1 Å². The molecule has 150 valence electrons. The van der Waals surface area contributed by atoms with E-state index in [-0.39, 0.29) is 0 Å². The van der Waals surface area contributed by atoms with Crippen LogP contribution in [0.5, 0.6) is 0 Å². The summed E-state index contributed by atoms with van der Waals surface area (Å²) in [5, 5.41) is 11.8. The Kier molecular flexibility index (Phi) is 4.64. The molecule has 1 atom stereocenters. The lowest BCUT2D eigenvalue weighted by Gasteiger charge is -2.27. The molecule has 2 aromatic heterocycles. The van der Waals surface area contributed by atoms with Crippen LogP contribution in [-0.2, 0) is 5.41 Å². The topological polar surface area (TPSA) is 80.3 Å². The lowest BCUT2D eigenvalue weighted by molar-refractivity contribution is 0.342. The van der Waals surface area contributed by atoms with Crippen molar-refractivity contribution in [2.45, 2.75) is 30.7 Å². The Morgan fingerprint density at radius 1 is 1.31 bits per heavy atom. The van der Waals surface area contributed by atoms with Crippen LogP contribution >= 0.6 is 11.6 Å². The molecule has 3 aromatic rings. The number of piperidine rings is 1. The Morgan fingerprint density at radius 3 is 2.90 bits per heavy atom. The van der Waals surface area contributed by atoms with Gasteiger partial charge in [-0.2, -0.15) is 5.10 Å². The molecule has 0 spiro atoms. The maximum atomic E-state index is 6.35. The highest BCUT2D eigenvalue weighted by molar-refractivity contribution is 6.34. The summed E-state index contributed by atoms with van der Waals surface area (Å²) in [5.41, 5.74) is 1.75. The quantitative estimate of drug-likeness (QED) is 0.688. The average Bonchev–Trinajstić information content (AvgIpc) is 3.43. The van der Waals surface area contributed by atoms with E-state index in [1.807, 2.05) is 37.7 Å². The number of halogens is 1. The molecule has 8 heteroatoms. The van der Waals surface area contributed by atoms with Gasteiger partial charge in [-0.15, -0.1) is 0 Å². The molecule has 1 saturated heterocycles. The number of nitrogens with zero attached hydrogens (tertiary/aromatic N) is 4. The normalized spacial score (nSPS) is 22.8. The van der Waals surface area contributed by atoms with Crippen LogP contribution in [0.1, 0.15) is 36.8 Å². The largest absolute Gasteiger partial charge is 0.439 e. The fourth-order valence-corrected chi connectivity index (χ4v) is 4.32. The molecular formula is C21H23ClN6O. The maximum absolute atomic E-state index is 6.35. The summed E-state index contributed by atoms with van der Waals surface area (Å²) < 4.78 is 8.27. The SMILES string of the molecule is CNC1=CCC(c2cnn(C3CCNCC3)c2)(c2nc3c(Cl)cccc3o2)C=N1. The highest BCUT2D eigenvalue weighted by atomic mass is 35.5. The highest BCUT2D eigenvalue weighted by Crippen LogP contribution is 2.39. The van der Waals surface area contributed by atoms with E-state index in [4.69, 9.17) is 26.1 Å². The van der Waals surface area contributed by atoms with Gasteiger partial charge in [0.05, 0.1) is 17.3 Å². The summed E-state index contributed by atoms with van der Waals surface area (Å²) in [6.07, 6.45) is 10.9. The lowest BCUT2D eigenvalue weighted by atomic mass is 9.79. The first-order valence-corrected chi connectivity index (χ1v) is 10.3. The van der Waals surface area contributed by atoms with Crippen LogP contribution in [0.25, 0.3) is 11.1 Å². The van der Waals surface area contributed by atoms with Gasteiger partial charge in [-0.3, -0.25) is 4.68 Å². The van der Waals surface area contributed by atoms with Gasteiger partial charge in [0.2, 0.25) is 5.89 Å². The van der Waals surface area contributed by atoms with E-state index in [2.05, 4.69) is 32.6 Å². The van der Waals surface area contributed by atoms with E-state index in [1.54, 1.807) is 0 Å². The Balaban J connectivity index is 1.60. The number of oxazole rings is 1. The molecule has 2 aliphatic rings. The molecule has 0 amide bonds. The van der Waals surface area contributed by atoms with E-state index in [0.717, 1.165) is 37.3 Å². The monoisotopic (exact) mass is 410 g/mol. The van der Waals surface area contributed by atoms with E-state index in [0.29, 0.717) is 34.5 Å². The van der Waals surface area contributed by atoms with Crippen molar-refractivity contribution < 1.29 is 4.42 Å². The number of aliphatic imine (C=N–C) groups is 1. The predicted molar refractivity (Wildman–Crippen MR) is 113 cm³/mol. The summed E-state index contributed by atoms with van der Waals surface area (Å²) in [7, 11) is 1.87. The van der Waals surface area contributed by atoms with Gasteiger partial charge in [0.1, 0.15) is 16.8 Å². The van der Waals surface area contributed by atoms with E-state index in [1.165, 1.54) is 0 Å². The van der Waals surface area contributed by atoms with Crippen LogP contribution < -0.4 is 10.6 Å². The van der Waals surface area contributed by atoms with Gasteiger partial charge in [-0.1, -0.05) is 17.7 Å². The van der Waals surface area contributed by atoms with Gasteiger partial charge >= 0.3 is 0 Å². The van der Waals surface area contributed by atoms with Crippen LogP contribution in [0.4, 0.5) is 0 Å². The number of rotatable bonds is 4.